The fourth-order valence-electron chi connectivity index (χ4n) is 5.48. The monoisotopic (exact) mass is 236 g/mol. The van der Waals surface area contributed by atoms with Crippen LogP contribution in [-0.2, 0) is 9.53 Å². The Morgan fingerprint density at radius 2 is 2.18 bits per heavy atom. The third kappa shape index (κ3) is 1.14. The summed E-state index contributed by atoms with van der Waals surface area (Å²) in [5, 5.41) is 10.8. The molecule has 0 radical (unpaired) electrons. The quantitative estimate of drug-likeness (QED) is 0.653. The summed E-state index contributed by atoms with van der Waals surface area (Å²) in [6.07, 6.45) is 5.67. The number of carbonyl (C=O) groups excluding carboxylic acids is 1. The molecule has 1 saturated heterocycles. The predicted molar refractivity (Wildman–Crippen MR) is 61.1 cm³/mol. The fourth-order valence-corrected chi connectivity index (χ4v) is 5.48. The number of esters is 1. The molecule has 0 aromatic heterocycles. The van der Waals surface area contributed by atoms with Gasteiger partial charge in [-0.1, -0.05) is 6.92 Å². The van der Waals surface area contributed by atoms with Crippen molar-refractivity contribution in [2.24, 2.45) is 23.2 Å². The van der Waals surface area contributed by atoms with Crippen molar-refractivity contribution < 1.29 is 14.6 Å². The minimum atomic E-state index is -0.450. The van der Waals surface area contributed by atoms with Crippen LogP contribution in [0.4, 0.5) is 0 Å². The van der Waals surface area contributed by atoms with Crippen LogP contribution in [0.15, 0.2) is 0 Å². The molecule has 0 amide bonds. The van der Waals surface area contributed by atoms with Gasteiger partial charge in [-0.3, -0.25) is 4.79 Å². The van der Waals surface area contributed by atoms with E-state index < -0.39 is 5.60 Å². The Morgan fingerprint density at radius 3 is 3.00 bits per heavy atom. The van der Waals surface area contributed by atoms with Gasteiger partial charge in [0, 0.05) is 17.8 Å². The number of hydrogen-bond acceptors (Lipinski definition) is 3. The van der Waals surface area contributed by atoms with Gasteiger partial charge < -0.3 is 9.84 Å². The third-order valence-corrected chi connectivity index (χ3v) is 6.11. The van der Waals surface area contributed by atoms with Crippen molar-refractivity contribution in [2.75, 3.05) is 0 Å². The normalized spacial score (nSPS) is 60.0. The summed E-state index contributed by atoms with van der Waals surface area (Å²) < 4.78 is 5.67. The average Bonchev–Trinajstić information content (AvgIpc) is 2.26. The number of carbonyl (C=O) groups is 1. The molecule has 4 aliphatic carbocycles. The topological polar surface area (TPSA) is 46.5 Å². The molecule has 1 aliphatic heterocycles. The van der Waals surface area contributed by atoms with Gasteiger partial charge in [0.15, 0.2) is 0 Å². The molecule has 3 nitrogen and oxygen atoms in total. The van der Waals surface area contributed by atoms with E-state index in [1.165, 1.54) is 0 Å². The highest BCUT2D eigenvalue weighted by Crippen LogP contribution is 2.65. The third-order valence-electron chi connectivity index (χ3n) is 6.11. The first-order chi connectivity index (χ1) is 8.02. The van der Waals surface area contributed by atoms with Crippen LogP contribution in [0, 0.1) is 23.2 Å². The lowest BCUT2D eigenvalue weighted by atomic mass is 9.43. The van der Waals surface area contributed by atoms with Gasteiger partial charge in [-0.25, -0.2) is 0 Å². The van der Waals surface area contributed by atoms with E-state index in [0.717, 1.165) is 32.1 Å². The lowest BCUT2D eigenvalue weighted by molar-refractivity contribution is -0.268. The van der Waals surface area contributed by atoms with Crippen molar-refractivity contribution >= 4 is 5.97 Å². The van der Waals surface area contributed by atoms with Crippen LogP contribution in [0.3, 0.4) is 0 Å². The van der Waals surface area contributed by atoms with Crippen LogP contribution in [0.5, 0.6) is 0 Å². The zero-order valence-corrected chi connectivity index (χ0v) is 10.3. The molecule has 5 fully saturated rings. The molecular weight excluding hydrogens is 216 g/mol. The van der Waals surface area contributed by atoms with Crippen LogP contribution >= 0.6 is 0 Å². The van der Waals surface area contributed by atoms with Crippen LogP contribution in [0.1, 0.15) is 45.4 Å². The second kappa shape index (κ2) is 2.87. The smallest absolute Gasteiger partial charge is 0.306 e. The summed E-state index contributed by atoms with van der Waals surface area (Å²) in [6, 6.07) is 0. The highest BCUT2D eigenvalue weighted by Gasteiger charge is 2.66. The molecule has 5 aliphatic rings. The van der Waals surface area contributed by atoms with Crippen molar-refractivity contribution in [1.82, 2.24) is 0 Å². The lowest BCUT2D eigenvalue weighted by Crippen LogP contribution is -2.68. The van der Waals surface area contributed by atoms with E-state index in [1.807, 2.05) is 0 Å². The minimum Gasteiger partial charge on any atom is -0.461 e. The highest BCUT2D eigenvalue weighted by atomic mass is 16.5. The summed E-state index contributed by atoms with van der Waals surface area (Å²) in [6.45, 7) is 2.21. The molecule has 1 N–H and O–H groups in total. The number of ether oxygens (including phenoxy) is 1. The Morgan fingerprint density at radius 1 is 1.35 bits per heavy atom. The van der Waals surface area contributed by atoms with Gasteiger partial charge in [0.05, 0.1) is 5.60 Å². The molecule has 5 rings (SSSR count). The molecule has 1 heterocycles. The van der Waals surface area contributed by atoms with Crippen molar-refractivity contribution in [1.29, 1.82) is 0 Å². The fraction of sp³-hybridized carbons (Fsp3) is 0.929. The molecule has 17 heavy (non-hydrogen) atoms. The van der Waals surface area contributed by atoms with E-state index in [2.05, 4.69) is 6.92 Å². The van der Waals surface area contributed by atoms with E-state index in [1.54, 1.807) is 0 Å². The van der Waals surface area contributed by atoms with Gasteiger partial charge in [0.1, 0.15) is 6.10 Å². The summed E-state index contributed by atoms with van der Waals surface area (Å²) in [4.78, 5) is 11.7. The van der Waals surface area contributed by atoms with Gasteiger partial charge in [-0.2, -0.15) is 0 Å². The van der Waals surface area contributed by atoms with Gasteiger partial charge in [0.2, 0.25) is 0 Å². The van der Waals surface area contributed by atoms with Crippen LogP contribution in [0.2, 0.25) is 0 Å². The Kier molecular flexibility index (Phi) is 1.75. The number of aliphatic hydroxyl groups is 1. The largest absolute Gasteiger partial charge is 0.461 e. The van der Waals surface area contributed by atoms with E-state index in [9.17, 15) is 9.90 Å². The zero-order valence-electron chi connectivity index (χ0n) is 10.3. The van der Waals surface area contributed by atoms with E-state index >= 15 is 0 Å². The van der Waals surface area contributed by atoms with Crippen LogP contribution < -0.4 is 0 Å². The molecule has 4 saturated carbocycles. The molecular formula is C14H20O3. The molecule has 3 heteroatoms. The molecule has 94 valence electrons. The number of fused-ring (bicyclic) bond motifs is 1. The Hall–Kier alpha value is -0.570. The Labute approximate surface area is 102 Å². The summed E-state index contributed by atoms with van der Waals surface area (Å²) in [7, 11) is 0. The molecule has 6 atom stereocenters. The second-order valence-electron chi connectivity index (χ2n) is 7.07. The molecule has 0 spiro atoms. The minimum absolute atomic E-state index is 0.00420. The van der Waals surface area contributed by atoms with E-state index in [4.69, 9.17) is 4.74 Å². The van der Waals surface area contributed by atoms with Gasteiger partial charge in [0.25, 0.3) is 0 Å². The average molecular weight is 236 g/mol. The zero-order chi connectivity index (χ0) is 11.8. The maximum atomic E-state index is 11.7. The van der Waals surface area contributed by atoms with Crippen molar-refractivity contribution in [3.05, 3.63) is 0 Å². The molecule has 0 aromatic carbocycles. The van der Waals surface area contributed by atoms with Crippen molar-refractivity contribution in [2.45, 2.75) is 57.2 Å². The second-order valence-corrected chi connectivity index (χ2v) is 7.07. The standard InChI is InChI=1S/C14H20O3/c1-13-4-3-9-11-8(2-5-14(9,16)7-13)6-10(15)17-12(11)13/h8-9,11-12,16H,2-7H2,1H3/t8-,9+,11+,12+,13-,14+/m0/s1. The number of rotatable bonds is 0. The summed E-state index contributed by atoms with van der Waals surface area (Å²) in [5.41, 5.74) is -0.419. The van der Waals surface area contributed by atoms with Crippen LogP contribution in [-0.4, -0.2) is 22.8 Å². The van der Waals surface area contributed by atoms with Crippen molar-refractivity contribution in [3.63, 3.8) is 0 Å². The highest BCUT2D eigenvalue weighted by molar-refractivity contribution is 5.71. The summed E-state index contributed by atoms with van der Waals surface area (Å²) >= 11 is 0. The lowest BCUT2D eigenvalue weighted by Gasteiger charge is -2.66. The first-order valence-electron chi connectivity index (χ1n) is 6.94. The van der Waals surface area contributed by atoms with Gasteiger partial charge >= 0.3 is 5.97 Å². The van der Waals surface area contributed by atoms with Crippen molar-refractivity contribution in [3.8, 4) is 0 Å². The van der Waals surface area contributed by atoms with Gasteiger partial charge in [-0.15, -0.1) is 0 Å². The van der Waals surface area contributed by atoms with Crippen LogP contribution in [0.25, 0.3) is 0 Å². The molecule has 0 aromatic rings. The molecule has 4 bridgehead atoms. The Bertz CT molecular complexity index is 393. The first-order valence-corrected chi connectivity index (χ1v) is 6.94. The first kappa shape index (κ1) is 10.4. The predicted octanol–water partition coefficient (Wildman–Crippen LogP) is 1.88. The SMILES string of the molecule is C[C@]12CC[C@@H]3[C@H]4[C@@H](CC[C@@]3(O)C1)CC(=O)O[C@H]42. The number of hydrogen-bond donors (Lipinski definition) is 1. The maximum Gasteiger partial charge on any atom is 0.306 e. The molecule has 0 unspecified atom stereocenters. The summed E-state index contributed by atoms with van der Waals surface area (Å²) in [5.74, 6) is 1.31. The Balaban J connectivity index is 1.82. The van der Waals surface area contributed by atoms with E-state index in [0.29, 0.717) is 24.2 Å². The van der Waals surface area contributed by atoms with Gasteiger partial charge in [-0.05, 0) is 43.9 Å². The van der Waals surface area contributed by atoms with E-state index in [-0.39, 0.29) is 17.5 Å². The maximum absolute atomic E-state index is 11.7.